The van der Waals surface area contributed by atoms with Gasteiger partial charge in [-0.1, -0.05) is 41.9 Å². The molecular weight excluding hydrogens is 388 g/mol. The minimum absolute atomic E-state index is 0.0183. The zero-order valence-electron chi connectivity index (χ0n) is 16.1. The Morgan fingerprint density at radius 2 is 1.86 bits per heavy atom. The Kier molecular flexibility index (Phi) is 5.36. The van der Waals surface area contributed by atoms with E-state index in [1.165, 1.54) is 4.68 Å². The van der Waals surface area contributed by atoms with E-state index in [2.05, 4.69) is 10.4 Å². The highest BCUT2D eigenvalue weighted by molar-refractivity contribution is 6.30. The number of hydrogen-bond acceptors (Lipinski definition) is 3. The van der Waals surface area contributed by atoms with Crippen molar-refractivity contribution in [1.29, 1.82) is 0 Å². The fraction of sp³-hybridized carbons (Fsp3) is 0.227. The number of rotatable bonds is 6. The molecule has 2 heterocycles. The number of para-hydroxylation sites is 1. The van der Waals surface area contributed by atoms with Gasteiger partial charge >= 0.3 is 0 Å². The minimum Gasteiger partial charge on any atom is -0.352 e. The summed E-state index contributed by atoms with van der Waals surface area (Å²) >= 11 is 5.88. The van der Waals surface area contributed by atoms with Gasteiger partial charge in [0.25, 0.3) is 5.56 Å². The topological polar surface area (TPSA) is 68.9 Å². The third kappa shape index (κ3) is 3.89. The van der Waals surface area contributed by atoms with Gasteiger partial charge in [0.05, 0.1) is 6.20 Å². The largest absolute Gasteiger partial charge is 0.352 e. The van der Waals surface area contributed by atoms with Crippen LogP contribution in [0.1, 0.15) is 18.4 Å². The average molecular weight is 409 g/mol. The highest BCUT2D eigenvalue weighted by Crippen LogP contribution is 2.26. The van der Waals surface area contributed by atoms with Crippen molar-refractivity contribution in [2.75, 3.05) is 0 Å². The summed E-state index contributed by atoms with van der Waals surface area (Å²) in [5.74, 6) is -0.0183. The van der Waals surface area contributed by atoms with Crippen LogP contribution in [0.15, 0.2) is 59.5 Å². The van der Waals surface area contributed by atoms with Crippen molar-refractivity contribution in [2.45, 2.75) is 25.9 Å². The summed E-state index contributed by atoms with van der Waals surface area (Å²) in [4.78, 5) is 24.9. The van der Waals surface area contributed by atoms with Gasteiger partial charge in [0.1, 0.15) is 5.52 Å². The zero-order valence-corrected chi connectivity index (χ0v) is 16.8. The van der Waals surface area contributed by atoms with Crippen LogP contribution in [0.25, 0.3) is 21.8 Å². The molecule has 4 rings (SSSR count). The summed E-state index contributed by atoms with van der Waals surface area (Å²) in [5.41, 5.74) is 2.48. The molecule has 29 heavy (non-hydrogen) atoms. The number of hydrogen-bond donors (Lipinski definition) is 1. The van der Waals surface area contributed by atoms with Gasteiger partial charge in [-0.2, -0.15) is 5.10 Å². The summed E-state index contributed by atoms with van der Waals surface area (Å²) in [6.07, 6.45) is 2.74. The smallest absolute Gasteiger partial charge is 0.291 e. The van der Waals surface area contributed by atoms with E-state index in [0.29, 0.717) is 36.5 Å². The average Bonchev–Trinajstić information content (AvgIpc) is 3.05. The summed E-state index contributed by atoms with van der Waals surface area (Å²) in [7, 11) is 1.65. The van der Waals surface area contributed by atoms with Gasteiger partial charge in [-0.3, -0.25) is 9.59 Å². The van der Waals surface area contributed by atoms with Crippen LogP contribution >= 0.6 is 11.6 Å². The maximum absolute atomic E-state index is 12.7. The fourth-order valence-electron chi connectivity index (χ4n) is 3.56. The van der Waals surface area contributed by atoms with Crippen molar-refractivity contribution < 1.29 is 4.79 Å². The molecule has 0 fully saturated rings. The number of amides is 1. The Balaban J connectivity index is 1.48. The Hall–Kier alpha value is -3.12. The third-order valence-corrected chi connectivity index (χ3v) is 5.31. The third-order valence-electron chi connectivity index (χ3n) is 5.06. The molecule has 4 aromatic rings. The molecule has 6 nitrogen and oxygen atoms in total. The molecule has 0 unspecified atom stereocenters. The number of nitrogens with one attached hydrogen (secondary N) is 1. The van der Waals surface area contributed by atoms with E-state index in [1.807, 2.05) is 41.0 Å². The molecule has 0 aliphatic heterocycles. The van der Waals surface area contributed by atoms with Crippen LogP contribution in [0, 0.1) is 0 Å². The molecule has 2 aromatic heterocycles. The Morgan fingerprint density at radius 3 is 2.66 bits per heavy atom. The number of halogens is 1. The number of carbonyl (C=O) groups is 1. The van der Waals surface area contributed by atoms with Crippen molar-refractivity contribution in [3.05, 3.63) is 75.7 Å². The quantitative estimate of drug-likeness (QED) is 0.529. The van der Waals surface area contributed by atoms with E-state index in [0.717, 1.165) is 21.9 Å². The normalized spacial score (nSPS) is 11.2. The van der Waals surface area contributed by atoms with E-state index < -0.39 is 0 Å². The standard InChI is InChI=1S/C22H21ClN4O2/c1-26-22(29)21-18(14-25-26)17-5-2-3-6-19(17)27(21)12-4-7-20(28)24-13-15-8-10-16(23)11-9-15/h2-3,5-6,8-11,14H,4,7,12-13H2,1H3,(H,24,28). The molecule has 1 N–H and O–H groups in total. The highest BCUT2D eigenvalue weighted by atomic mass is 35.5. The van der Waals surface area contributed by atoms with Gasteiger partial charge in [0, 0.05) is 47.9 Å². The summed E-state index contributed by atoms with van der Waals surface area (Å²) < 4.78 is 3.34. The predicted octanol–water partition coefficient (Wildman–Crippen LogP) is 3.64. The second kappa shape index (κ2) is 8.09. The van der Waals surface area contributed by atoms with E-state index >= 15 is 0 Å². The van der Waals surface area contributed by atoms with E-state index in [4.69, 9.17) is 11.6 Å². The minimum atomic E-state index is -0.133. The van der Waals surface area contributed by atoms with Crippen LogP contribution in [-0.2, 0) is 24.9 Å². The zero-order chi connectivity index (χ0) is 20.4. The van der Waals surface area contributed by atoms with Gasteiger partial charge in [-0.15, -0.1) is 0 Å². The molecule has 7 heteroatoms. The number of benzene rings is 2. The van der Waals surface area contributed by atoms with E-state index in [9.17, 15) is 9.59 Å². The fourth-order valence-corrected chi connectivity index (χ4v) is 3.69. The Bertz CT molecular complexity index is 1240. The number of nitrogens with zero attached hydrogens (tertiary/aromatic N) is 3. The molecule has 0 spiro atoms. The van der Waals surface area contributed by atoms with E-state index in [-0.39, 0.29) is 11.5 Å². The maximum atomic E-state index is 12.7. The van der Waals surface area contributed by atoms with Gasteiger partial charge in [-0.25, -0.2) is 4.68 Å². The number of carbonyl (C=O) groups excluding carboxylic acids is 1. The van der Waals surface area contributed by atoms with Crippen LogP contribution < -0.4 is 10.9 Å². The maximum Gasteiger partial charge on any atom is 0.291 e. The van der Waals surface area contributed by atoms with Crippen molar-refractivity contribution in [2.24, 2.45) is 7.05 Å². The first kappa shape index (κ1) is 19.2. The van der Waals surface area contributed by atoms with Gasteiger partial charge < -0.3 is 9.88 Å². The lowest BCUT2D eigenvalue weighted by atomic mass is 10.2. The van der Waals surface area contributed by atoms with Gasteiger partial charge in [0.15, 0.2) is 0 Å². The van der Waals surface area contributed by atoms with Crippen molar-refractivity contribution in [3.63, 3.8) is 0 Å². The summed E-state index contributed by atoms with van der Waals surface area (Å²) in [6.45, 7) is 1.05. The molecule has 0 saturated carbocycles. The summed E-state index contributed by atoms with van der Waals surface area (Å²) in [5, 5.41) is 9.60. The molecule has 2 aromatic carbocycles. The van der Waals surface area contributed by atoms with Crippen LogP contribution in [0.2, 0.25) is 5.02 Å². The first-order valence-electron chi connectivity index (χ1n) is 9.49. The van der Waals surface area contributed by atoms with Crippen LogP contribution in [0.4, 0.5) is 0 Å². The predicted molar refractivity (Wildman–Crippen MR) is 115 cm³/mol. The first-order valence-corrected chi connectivity index (χ1v) is 9.87. The molecular formula is C22H21ClN4O2. The van der Waals surface area contributed by atoms with Crippen molar-refractivity contribution in [1.82, 2.24) is 19.7 Å². The lowest BCUT2D eigenvalue weighted by molar-refractivity contribution is -0.121. The van der Waals surface area contributed by atoms with Crippen LogP contribution in [-0.4, -0.2) is 20.3 Å². The molecule has 0 saturated heterocycles. The molecule has 0 aliphatic carbocycles. The SMILES string of the molecule is Cn1ncc2c3ccccc3n(CCCC(=O)NCc3ccc(Cl)cc3)c2c1=O. The molecule has 0 aliphatic rings. The van der Waals surface area contributed by atoms with Gasteiger partial charge in [0.2, 0.25) is 5.91 Å². The van der Waals surface area contributed by atoms with E-state index in [1.54, 1.807) is 25.4 Å². The van der Waals surface area contributed by atoms with Gasteiger partial charge in [-0.05, 0) is 30.2 Å². The molecule has 148 valence electrons. The molecule has 0 radical (unpaired) electrons. The second-order valence-corrected chi connectivity index (χ2v) is 7.45. The van der Waals surface area contributed by atoms with Crippen molar-refractivity contribution >= 4 is 39.3 Å². The lowest BCUT2D eigenvalue weighted by Crippen LogP contribution is -2.23. The molecule has 0 atom stereocenters. The lowest BCUT2D eigenvalue weighted by Gasteiger charge is -2.08. The second-order valence-electron chi connectivity index (χ2n) is 7.01. The molecule has 0 bridgehead atoms. The Labute approximate surface area is 172 Å². The number of aryl methyl sites for hydroxylation is 2. The van der Waals surface area contributed by atoms with Crippen LogP contribution in [0.5, 0.6) is 0 Å². The number of fused-ring (bicyclic) bond motifs is 3. The van der Waals surface area contributed by atoms with Crippen LogP contribution in [0.3, 0.4) is 0 Å². The number of aromatic nitrogens is 3. The molecule has 1 amide bonds. The monoisotopic (exact) mass is 408 g/mol. The first-order chi connectivity index (χ1) is 14.0. The highest BCUT2D eigenvalue weighted by Gasteiger charge is 2.15. The summed E-state index contributed by atoms with van der Waals surface area (Å²) in [6, 6.07) is 15.3. The Morgan fingerprint density at radius 1 is 1.10 bits per heavy atom. The van der Waals surface area contributed by atoms with Crippen molar-refractivity contribution in [3.8, 4) is 0 Å².